The summed E-state index contributed by atoms with van der Waals surface area (Å²) in [6.45, 7) is 8.44. The second-order valence-corrected chi connectivity index (χ2v) is 8.73. The van der Waals surface area contributed by atoms with Crippen LogP contribution in [0.1, 0.15) is 72.6 Å². The van der Waals surface area contributed by atoms with E-state index < -0.39 is 5.54 Å². The molecule has 5 nitrogen and oxygen atoms in total. The molecule has 22 heavy (non-hydrogen) atoms. The number of imide groups is 1. The van der Waals surface area contributed by atoms with Crippen molar-refractivity contribution >= 4 is 11.9 Å². The van der Waals surface area contributed by atoms with Crippen molar-refractivity contribution in [3.05, 3.63) is 0 Å². The van der Waals surface area contributed by atoms with Crippen molar-refractivity contribution in [1.82, 2.24) is 15.5 Å². The minimum Gasteiger partial charge on any atom is -0.323 e. The van der Waals surface area contributed by atoms with Crippen molar-refractivity contribution in [2.24, 2.45) is 0 Å². The van der Waals surface area contributed by atoms with Gasteiger partial charge in [0, 0.05) is 17.1 Å². The van der Waals surface area contributed by atoms with Gasteiger partial charge in [0.1, 0.15) is 5.54 Å². The Morgan fingerprint density at radius 3 is 2.05 bits per heavy atom. The lowest BCUT2D eigenvalue weighted by molar-refractivity contribution is -0.136. The molecule has 0 aromatic rings. The number of nitrogens with zero attached hydrogens (tertiary/aromatic N) is 1. The molecule has 1 spiro atoms. The molecule has 2 N–H and O–H groups in total. The van der Waals surface area contributed by atoms with E-state index in [-0.39, 0.29) is 29.1 Å². The Morgan fingerprint density at radius 1 is 0.955 bits per heavy atom. The third-order valence-electron chi connectivity index (χ3n) is 5.30. The van der Waals surface area contributed by atoms with Crippen LogP contribution in [0.3, 0.4) is 0 Å². The van der Waals surface area contributed by atoms with Crippen LogP contribution in [-0.2, 0) is 4.79 Å². The molecule has 3 aliphatic rings. The second kappa shape index (κ2) is 4.95. The Kier molecular flexibility index (Phi) is 3.55. The quantitative estimate of drug-likeness (QED) is 0.732. The number of carbonyl (C=O) groups excluding carboxylic acids is 2. The maximum Gasteiger partial charge on any atom is 0.325 e. The number of urea groups is 1. The fraction of sp³-hybridized carbons (Fsp3) is 0.882. The van der Waals surface area contributed by atoms with Gasteiger partial charge in [-0.2, -0.15) is 0 Å². The molecule has 0 radical (unpaired) electrons. The van der Waals surface area contributed by atoms with Gasteiger partial charge in [0.05, 0.1) is 0 Å². The number of nitrogens with one attached hydrogen (secondary N) is 2. The first-order valence-electron chi connectivity index (χ1n) is 8.59. The highest BCUT2D eigenvalue weighted by atomic mass is 16.2. The molecule has 5 heteroatoms. The molecule has 1 saturated carbocycles. The zero-order valence-electron chi connectivity index (χ0n) is 14.3. The number of hydrogen-bond donors (Lipinski definition) is 2. The fourth-order valence-electron chi connectivity index (χ4n) is 5.13. The van der Waals surface area contributed by atoms with Crippen molar-refractivity contribution in [2.75, 3.05) is 0 Å². The Balaban J connectivity index is 1.89. The Bertz CT molecular complexity index is 476. The Hall–Kier alpha value is -1.10. The zero-order valence-corrected chi connectivity index (χ0v) is 14.3. The molecule has 2 aliphatic heterocycles. The summed E-state index contributed by atoms with van der Waals surface area (Å²) in [5.41, 5.74) is -1.08. The summed E-state index contributed by atoms with van der Waals surface area (Å²) in [7, 11) is 0. The average Bonchev–Trinajstić information content (AvgIpc) is 2.57. The van der Waals surface area contributed by atoms with Crippen LogP contribution in [0, 0.1) is 0 Å². The third kappa shape index (κ3) is 2.64. The molecule has 0 aromatic heterocycles. The van der Waals surface area contributed by atoms with E-state index in [0.29, 0.717) is 12.8 Å². The highest BCUT2D eigenvalue weighted by Gasteiger charge is 2.59. The summed E-state index contributed by atoms with van der Waals surface area (Å²) in [6.07, 6.45) is 6.67. The van der Waals surface area contributed by atoms with Crippen LogP contribution in [0.15, 0.2) is 0 Å². The largest absolute Gasteiger partial charge is 0.325 e. The summed E-state index contributed by atoms with van der Waals surface area (Å²) >= 11 is 0. The van der Waals surface area contributed by atoms with Crippen LogP contribution in [0.2, 0.25) is 0 Å². The van der Waals surface area contributed by atoms with E-state index in [2.05, 4.69) is 38.3 Å². The smallest absolute Gasteiger partial charge is 0.323 e. The van der Waals surface area contributed by atoms with Gasteiger partial charge in [-0.1, -0.05) is 19.3 Å². The monoisotopic (exact) mass is 307 g/mol. The molecule has 3 amide bonds. The van der Waals surface area contributed by atoms with Gasteiger partial charge in [-0.3, -0.25) is 9.69 Å². The first-order valence-corrected chi connectivity index (χ1v) is 8.59. The molecule has 0 unspecified atom stereocenters. The summed E-state index contributed by atoms with van der Waals surface area (Å²) < 4.78 is 0. The highest BCUT2D eigenvalue weighted by Crippen LogP contribution is 2.41. The molecule has 1 aliphatic carbocycles. The maximum atomic E-state index is 13.2. The second-order valence-electron chi connectivity index (χ2n) is 8.73. The van der Waals surface area contributed by atoms with Gasteiger partial charge in [0.2, 0.25) is 0 Å². The lowest BCUT2D eigenvalue weighted by Crippen LogP contribution is -2.68. The van der Waals surface area contributed by atoms with Gasteiger partial charge in [0.25, 0.3) is 5.91 Å². The van der Waals surface area contributed by atoms with Gasteiger partial charge < -0.3 is 10.6 Å². The van der Waals surface area contributed by atoms with Crippen LogP contribution in [0.5, 0.6) is 0 Å². The van der Waals surface area contributed by atoms with E-state index in [4.69, 9.17) is 0 Å². The number of carbonyl (C=O) groups is 2. The van der Waals surface area contributed by atoms with Crippen LogP contribution in [0.4, 0.5) is 4.79 Å². The fourth-order valence-corrected chi connectivity index (χ4v) is 5.13. The molecule has 3 fully saturated rings. The van der Waals surface area contributed by atoms with Crippen LogP contribution in [-0.4, -0.2) is 39.5 Å². The van der Waals surface area contributed by atoms with Crippen molar-refractivity contribution in [3.8, 4) is 0 Å². The van der Waals surface area contributed by atoms with Crippen LogP contribution < -0.4 is 10.6 Å². The van der Waals surface area contributed by atoms with Gasteiger partial charge in [-0.15, -0.1) is 0 Å². The summed E-state index contributed by atoms with van der Waals surface area (Å²) in [5, 5.41) is 6.67. The van der Waals surface area contributed by atoms with E-state index in [1.165, 1.54) is 6.42 Å². The molecule has 0 atom stereocenters. The van der Waals surface area contributed by atoms with E-state index in [0.717, 1.165) is 25.7 Å². The Morgan fingerprint density at radius 2 is 1.50 bits per heavy atom. The van der Waals surface area contributed by atoms with E-state index >= 15 is 0 Å². The van der Waals surface area contributed by atoms with Crippen molar-refractivity contribution in [3.63, 3.8) is 0 Å². The van der Waals surface area contributed by atoms with Crippen LogP contribution in [0.25, 0.3) is 0 Å². The standard InChI is InChI=1S/C17H29N3O2/c1-15(2)10-17(11-16(3,4)19-15)13(21)20(14(22)18-17)12-8-6-5-7-9-12/h12,19H,5-11H2,1-4H3,(H,18,22). The lowest BCUT2D eigenvalue weighted by atomic mass is 9.70. The number of rotatable bonds is 1. The molecular formula is C17H29N3O2. The summed E-state index contributed by atoms with van der Waals surface area (Å²) in [6, 6.07) is -0.0767. The maximum absolute atomic E-state index is 13.2. The van der Waals surface area contributed by atoms with Crippen LogP contribution >= 0.6 is 0 Å². The third-order valence-corrected chi connectivity index (χ3v) is 5.30. The molecule has 3 rings (SSSR count). The lowest BCUT2D eigenvalue weighted by Gasteiger charge is -2.50. The molecule has 0 aromatic carbocycles. The minimum absolute atomic E-state index is 0.00653. The average molecular weight is 307 g/mol. The van der Waals surface area contributed by atoms with Crippen molar-refractivity contribution in [1.29, 1.82) is 0 Å². The first-order chi connectivity index (χ1) is 10.1. The van der Waals surface area contributed by atoms with Gasteiger partial charge in [0.15, 0.2) is 0 Å². The molecule has 2 saturated heterocycles. The summed E-state index contributed by atoms with van der Waals surface area (Å²) in [4.78, 5) is 27.3. The topological polar surface area (TPSA) is 61.4 Å². The molecule has 2 heterocycles. The summed E-state index contributed by atoms with van der Waals surface area (Å²) in [5.74, 6) is 0.00653. The predicted octanol–water partition coefficient (Wildman–Crippen LogP) is 2.55. The highest BCUT2D eigenvalue weighted by molar-refractivity contribution is 6.07. The molecule has 0 bridgehead atoms. The van der Waals surface area contributed by atoms with E-state index in [9.17, 15) is 9.59 Å². The van der Waals surface area contributed by atoms with E-state index in [1.807, 2.05) is 0 Å². The predicted molar refractivity (Wildman–Crippen MR) is 85.5 cm³/mol. The van der Waals surface area contributed by atoms with Gasteiger partial charge in [-0.05, 0) is 53.4 Å². The van der Waals surface area contributed by atoms with Gasteiger partial charge in [-0.25, -0.2) is 4.79 Å². The Labute approximate surface area is 133 Å². The molecule has 124 valence electrons. The number of hydrogen-bond acceptors (Lipinski definition) is 3. The normalized spacial score (nSPS) is 30.6. The SMILES string of the molecule is CC1(C)CC2(CC(C)(C)N1)NC(=O)N(C1CCCCC1)C2=O. The van der Waals surface area contributed by atoms with Crippen molar-refractivity contribution in [2.45, 2.75) is 95.3 Å². The zero-order chi connectivity index (χ0) is 16.2. The van der Waals surface area contributed by atoms with E-state index in [1.54, 1.807) is 4.90 Å². The first kappa shape index (κ1) is 15.8. The molecular weight excluding hydrogens is 278 g/mol. The minimum atomic E-state index is -0.729. The van der Waals surface area contributed by atoms with Gasteiger partial charge >= 0.3 is 6.03 Å². The number of piperidine rings is 1. The number of amides is 3. The van der Waals surface area contributed by atoms with Crippen molar-refractivity contribution < 1.29 is 9.59 Å².